The van der Waals surface area contributed by atoms with Crippen LogP contribution in [-0.4, -0.2) is 35.3 Å². The second-order valence-corrected chi connectivity index (χ2v) is 5.28. The number of aromatic nitrogens is 2. The summed E-state index contributed by atoms with van der Waals surface area (Å²) in [4.78, 5) is 12.5. The van der Waals surface area contributed by atoms with Gasteiger partial charge in [0.15, 0.2) is 12.6 Å². The van der Waals surface area contributed by atoms with E-state index >= 15 is 0 Å². The average molecular weight is 367 g/mol. The second-order valence-electron chi connectivity index (χ2n) is 5.28. The van der Waals surface area contributed by atoms with Crippen LogP contribution in [0.2, 0.25) is 0 Å². The molecular weight excluding hydrogens is 347 g/mol. The zero-order valence-electron chi connectivity index (χ0n) is 14.3. The number of guanidine groups is 1. The van der Waals surface area contributed by atoms with E-state index in [4.69, 9.17) is 0 Å². The maximum atomic E-state index is 12.1. The van der Waals surface area contributed by atoms with Crippen molar-refractivity contribution >= 4 is 5.96 Å². The minimum atomic E-state index is -4.38. The Hall–Kier alpha value is -2.84. The first kappa shape index (κ1) is 19.5. The fourth-order valence-electron chi connectivity index (χ4n) is 1.93. The molecular formula is C17H20F3N5O. The van der Waals surface area contributed by atoms with Gasteiger partial charge in [0.2, 0.25) is 5.88 Å². The van der Waals surface area contributed by atoms with Crippen molar-refractivity contribution in [3.63, 3.8) is 0 Å². The number of rotatable bonds is 7. The Morgan fingerprint density at radius 3 is 2.62 bits per heavy atom. The van der Waals surface area contributed by atoms with Crippen LogP contribution in [0.5, 0.6) is 5.88 Å². The third kappa shape index (κ3) is 7.37. The molecule has 0 aliphatic carbocycles. The highest BCUT2D eigenvalue weighted by Gasteiger charge is 2.28. The van der Waals surface area contributed by atoms with E-state index in [-0.39, 0.29) is 5.88 Å². The van der Waals surface area contributed by atoms with Crippen molar-refractivity contribution in [1.29, 1.82) is 0 Å². The van der Waals surface area contributed by atoms with Crippen LogP contribution in [-0.2, 0) is 13.1 Å². The third-order valence-electron chi connectivity index (χ3n) is 3.11. The van der Waals surface area contributed by atoms with Crippen molar-refractivity contribution in [2.45, 2.75) is 26.2 Å². The van der Waals surface area contributed by atoms with Crippen molar-refractivity contribution in [2.24, 2.45) is 4.99 Å². The van der Waals surface area contributed by atoms with Gasteiger partial charge in [-0.05, 0) is 24.6 Å². The SMILES string of the molecule is CCNC(=NCc1ccc(OCC(F)(F)F)nc1)NCc1ccccn1. The lowest BCUT2D eigenvalue weighted by Gasteiger charge is -2.11. The number of ether oxygens (including phenoxy) is 1. The summed E-state index contributed by atoms with van der Waals surface area (Å²) >= 11 is 0. The number of hydrogen-bond acceptors (Lipinski definition) is 4. The monoisotopic (exact) mass is 367 g/mol. The molecule has 0 aromatic carbocycles. The first-order valence-electron chi connectivity index (χ1n) is 8.03. The van der Waals surface area contributed by atoms with Crippen LogP contribution in [0.4, 0.5) is 13.2 Å². The Morgan fingerprint density at radius 1 is 1.15 bits per heavy atom. The minimum Gasteiger partial charge on any atom is -0.468 e. The number of aliphatic imine (C=N–C) groups is 1. The molecule has 6 nitrogen and oxygen atoms in total. The summed E-state index contributed by atoms with van der Waals surface area (Å²) in [5.41, 5.74) is 1.63. The molecule has 0 unspecified atom stereocenters. The molecule has 140 valence electrons. The summed E-state index contributed by atoms with van der Waals surface area (Å²) in [6.07, 6.45) is -1.22. The van der Waals surface area contributed by atoms with Crippen molar-refractivity contribution in [3.8, 4) is 5.88 Å². The Kier molecular flexibility index (Phi) is 7.19. The normalized spacial score (nSPS) is 11.9. The lowest BCUT2D eigenvalue weighted by Crippen LogP contribution is -2.37. The van der Waals surface area contributed by atoms with Crippen molar-refractivity contribution in [1.82, 2.24) is 20.6 Å². The largest absolute Gasteiger partial charge is 0.468 e. The Morgan fingerprint density at radius 2 is 2.00 bits per heavy atom. The number of alkyl halides is 3. The highest BCUT2D eigenvalue weighted by Crippen LogP contribution is 2.17. The van der Waals surface area contributed by atoms with Crippen LogP contribution >= 0.6 is 0 Å². The maximum absolute atomic E-state index is 12.1. The van der Waals surface area contributed by atoms with Gasteiger partial charge in [-0.15, -0.1) is 0 Å². The van der Waals surface area contributed by atoms with Crippen LogP contribution in [0.1, 0.15) is 18.2 Å². The van der Waals surface area contributed by atoms with Gasteiger partial charge in [-0.3, -0.25) is 4.98 Å². The van der Waals surface area contributed by atoms with Crippen molar-refractivity contribution in [2.75, 3.05) is 13.2 Å². The Labute approximate surface area is 149 Å². The smallest absolute Gasteiger partial charge is 0.422 e. The maximum Gasteiger partial charge on any atom is 0.422 e. The molecule has 0 fully saturated rings. The molecule has 2 aromatic rings. The van der Waals surface area contributed by atoms with Gasteiger partial charge >= 0.3 is 6.18 Å². The molecule has 0 aliphatic rings. The highest BCUT2D eigenvalue weighted by molar-refractivity contribution is 5.79. The number of pyridine rings is 2. The van der Waals surface area contributed by atoms with E-state index in [0.717, 1.165) is 11.3 Å². The van der Waals surface area contributed by atoms with E-state index in [1.54, 1.807) is 12.3 Å². The van der Waals surface area contributed by atoms with Crippen molar-refractivity contribution < 1.29 is 17.9 Å². The predicted octanol–water partition coefficient (Wildman–Crippen LogP) is 2.67. The first-order chi connectivity index (χ1) is 12.5. The number of halogens is 3. The first-order valence-corrected chi connectivity index (χ1v) is 8.03. The second kappa shape index (κ2) is 9.59. The summed E-state index contributed by atoms with van der Waals surface area (Å²) in [7, 11) is 0. The van der Waals surface area contributed by atoms with Crippen LogP contribution in [0, 0.1) is 0 Å². The molecule has 2 aromatic heterocycles. The fraction of sp³-hybridized carbons (Fsp3) is 0.353. The van der Waals surface area contributed by atoms with Gasteiger partial charge in [0.1, 0.15) is 0 Å². The van der Waals surface area contributed by atoms with Gasteiger partial charge in [0, 0.05) is 25.0 Å². The predicted molar refractivity (Wildman–Crippen MR) is 91.7 cm³/mol. The molecule has 0 saturated heterocycles. The molecule has 0 aliphatic heterocycles. The summed E-state index contributed by atoms with van der Waals surface area (Å²) in [5, 5.41) is 6.27. The Balaban J connectivity index is 1.89. The summed E-state index contributed by atoms with van der Waals surface area (Å²) in [6, 6.07) is 8.68. The molecule has 26 heavy (non-hydrogen) atoms. The summed E-state index contributed by atoms with van der Waals surface area (Å²) < 4.78 is 40.9. The summed E-state index contributed by atoms with van der Waals surface area (Å²) in [6.45, 7) is 2.13. The third-order valence-corrected chi connectivity index (χ3v) is 3.11. The molecule has 2 N–H and O–H groups in total. The molecule has 9 heteroatoms. The van der Waals surface area contributed by atoms with E-state index in [0.29, 0.717) is 25.6 Å². The van der Waals surface area contributed by atoms with Gasteiger partial charge in [-0.1, -0.05) is 12.1 Å². The standard InChI is InChI=1S/C17H20F3N5O/c1-2-21-16(25-11-14-5-3-4-8-22-14)24-10-13-6-7-15(23-9-13)26-12-17(18,19)20/h3-9H,2,10-12H2,1H3,(H2,21,24,25). The van der Waals surface area contributed by atoms with E-state index < -0.39 is 12.8 Å². The van der Waals surface area contributed by atoms with Gasteiger partial charge < -0.3 is 15.4 Å². The van der Waals surface area contributed by atoms with Crippen LogP contribution in [0.25, 0.3) is 0 Å². The van der Waals surface area contributed by atoms with Gasteiger partial charge in [0.25, 0.3) is 0 Å². The van der Waals surface area contributed by atoms with E-state index in [1.165, 1.54) is 12.3 Å². The van der Waals surface area contributed by atoms with Crippen LogP contribution in [0.15, 0.2) is 47.7 Å². The average Bonchev–Trinajstić information content (AvgIpc) is 2.63. The minimum absolute atomic E-state index is 0.0739. The number of nitrogens with one attached hydrogen (secondary N) is 2. The molecule has 0 spiro atoms. The number of nitrogens with zero attached hydrogens (tertiary/aromatic N) is 3. The molecule has 0 radical (unpaired) electrons. The van der Waals surface area contributed by atoms with Gasteiger partial charge in [0.05, 0.1) is 18.8 Å². The molecule has 0 atom stereocenters. The molecule has 0 amide bonds. The topological polar surface area (TPSA) is 71.4 Å². The van der Waals surface area contributed by atoms with Crippen LogP contribution < -0.4 is 15.4 Å². The van der Waals surface area contributed by atoms with E-state index in [1.807, 2.05) is 25.1 Å². The van der Waals surface area contributed by atoms with E-state index in [2.05, 4.69) is 30.3 Å². The lowest BCUT2D eigenvalue weighted by molar-refractivity contribution is -0.154. The highest BCUT2D eigenvalue weighted by atomic mass is 19.4. The van der Waals surface area contributed by atoms with Gasteiger partial charge in [-0.25, -0.2) is 9.98 Å². The van der Waals surface area contributed by atoms with Gasteiger partial charge in [-0.2, -0.15) is 13.2 Å². The zero-order chi connectivity index (χ0) is 18.8. The lowest BCUT2D eigenvalue weighted by atomic mass is 10.3. The van der Waals surface area contributed by atoms with E-state index in [9.17, 15) is 13.2 Å². The molecule has 2 rings (SSSR count). The van der Waals surface area contributed by atoms with Crippen molar-refractivity contribution in [3.05, 3.63) is 54.0 Å². The quantitative estimate of drug-likeness (QED) is 0.582. The Bertz CT molecular complexity index is 690. The molecule has 2 heterocycles. The molecule has 0 saturated carbocycles. The number of hydrogen-bond donors (Lipinski definition) is 2. The fourth-order valence-corrected chi connectivity index (χ4v) is 1.93. The zero-order valence-corrected chi connectivity index (χ0v) is 14.3. The van der Waals surface area contributed by atoms with Crippen LogP contribution in [0.3, 0.4) is 0 Å². The summed E-state index contributed by atoms with van der Waals surface area (Å²) in [5.74, 6) is 0.533. The molecule has 0 bridgehead atoms.